The highest BCUT2D eigenvalue weighted by Gasteiger charge is 2.62. The minimum atomic E-state index is -1.59. The van der Waals surface area contributed by atoms with E-state index in [0.717, 1.165) is 0 Å². The van der Waals surface area contributed by atoms with Gasteiger partial charge in [0.1, 0.15) is 35.5 Å². The van der Waals surface area contributed by atoms with Crippen LogP contribution >= 0.6 is 0 Å². The maximum Gasteiger partial charge on any atom is 0.317 e. The summed E-state index contributed by atoms with van der Waals surface area (Å²) in [7, 11) is 5.15. The Morgan fingerprint density at radius 2 is 1.76 bits per heavy atom. The fraction of sp³-hybridized carbons (Fsp3) is 0.707. The first-order chi connectivity index (χ1) is 27.8. The molecule has 0 amide bonds. The molecule has 0 aromatic carbocycles. The molecule has 59 heavy (non-hydrogen) atoms. The van der Waals surface area contributed by atoms with Crippen molar-refractivity contribution >= 4 is 29.3 Å². The van der Waals surface area contributed by atoms with Crippen LogP contribution in [0.4, 0.5) is 0 Å². The second-order valence-electron chi connectivity index (χ2n) is 16.8. The summed E-state index contributed by atoms with van der Waals surface area (Å²) in [5.41, 5.74) is 4.06. The standard InChI is InChI=1S/C41H60N6O12/c1-12-27-41(8)30(29(38(52)58-41)35(42)45-54-19-28-44-36(46-59-28)25-15-13-14-16-43-25)22(4)31(48)20(2)18-40(7,53-11)34(23(5)32(49)24(6)37(51)56-27)57-39-33(50)26(47(9)10)17-21(3)55-39/h13-16,20-24,26-27,29-30,33-34,39,50H,12,17-19H2,1-11H3,(H2,42,45)/t20-,21?,22-,23+,24-,26?,27-,29?,30?,33?,34-,39?,40+,41-/m1/s1. The number of nitrogens with two attached hydrogens (primary N) is 1. The Bertz CT molecular complexity index is 1840. The number of pyridine rings is 1. The summed E-state index contributed by atoms with van der Waals surface area (Å²) in [6.45, 7) is 13.1. The minimum Gasteiger partial charge on any atom is -0.458 e. The molecule has 3 fully saturated rings. The number of fused-ring (bicyclic) bond motifs is 1. The van der Waals surface area contributed by atoms with E-state index in [9.17, 15) is 24.3 Å². The second-order valence-corrected chi connectivity index (χ2v) is 16.8. The highest BCUT2D eigenvalue weighted by Crippen LogP contribution is 2.48. The lowest BCUT2D eigenvalue weighted by molar-refractivity contribution is -0.295. The van der Waals surface area contributed by atoms with Crippen molar-refractivity contribution in [1.82, 2.24) is 20.0 Å². The fourth-order valence-electron chi connectivity index (χ4n) is 9.07. The van der Waals surface area contributed by atoms with Gasteiger partial charge in [-0.1, -0.05) is 44.1 Å². The van der Waals surface area contributed by atoms with Gasteiger partial charge in [-0.25, -0.2) is 0 Å². The number of likely N-dealkylation sites (N-methyl/N-ethyl adjacent to an activating group) is 1. The lowest BCUT2D eigenvalue weighted by Gasteiger charge is -2.47. The number of aliphatic hydroxyl groups excluding tert-OH is 1. The molecule has 18 nitrogen and oxygen atoms in total. The zero-order chi connectivity index (χ0) is 43.6. The first-order valence-electron chi connectivity index (χ1n) is 20.2. The van der Waals surface area contributed by atoms with Gasteiger partial charge in [0.15, 0.2) is 30.1 Å². The van der Waals surface area contributed by atoms with Gasteiger partial charge in [0.2, 0.25) is 5.82 Å². The molecule has 3 aliphatic rings. The summed E-state index contributed by atoms with van der Waals surface area (Å²) in [5.74, 6) is -8.76. The molecule has 5 heterocycles. The van der Waals surface area contributed by atoms with E-state index in [1.807, 2.05) is 25.9 Å². The zero-order valence-corrected chi connectivity index (χ0v) is 35.8. The maximum atomic E-state index is 14.7. The predicted molar refractivity (Wildman–Crippen MR) is 210 cm³/mol. The third kappa shape index (κ3) is 9.36. The summed E-state index contributed by atoms with van der Waals surface area (Å²) in [4.78, 5) is 72.7. The number of carbonyl (C=O) groups excluding carboxylic acids is 4. The summed E-state index contributed by atoms with van der Waals surface area (Å²) < 4.78 is 36.2. The maximum absolute atomic E-state index is 14.7. The molecule has 2 aromatic heterocycles. The van der Waals surface area contributed by atoms with Gasteiger partial charge in [0.05, 0.1) is 17.8 Å². The van der Waals surface area contributed by atoms with Crippen LogP contribution in [0.5, 0.6) is 0 Å². The third-order valence-electron chi connectivity index (χ3n) is 12.4. The number of oxime groups is 1. The van der Waals surface area contributed by atoms with Gasteiger partial charge in [0.25, 0.3) is 5.89 Å². The van der Waals surface area contributed by atoms with E-state index in [2.05, 4.69) is 20.3 Å². The molecule has 0 aliphatic carbocycles. The van der Waals surface area contributed by atoms with E-state index < -0.39 is 89.0 Å². The highest BCUT2D eigenvalue weighted by molar-refractivity contribution is 6.03. The molecule has 2 aromatic rings. The van der Waals surface area contributed by atoms with Crippen LogP contribution < -0.4 is 5.73 Å². The number of ether oxygens (including phenoxy) is 5. The number of esters is 2. The number of ketones is 2. The number of amidine groups is 1. The number of cyclic esters (lactones) is 1. The quantitative estimate of drug-likeness (QED) is 0.115. The Hall–Kier alpha value is -4.36. The highest BCUT2D eigenvalue weighted by atomic mass is 16.7. The molecular formula is C41H60N6O12. The number of hydrogen-bond donors (Lipinski definition) is 2. The molecule has 5 rings (SSSR count). The summed E-state index contributed by atoms with van der Waals surface area (Å²) >= 11 is 0. The average molecular weight is 829 g/mol. The van der Waals surface area contributed by atoms with Gasteiger partial charge in [-0.05, 0) is 73.2 Å². The van der Waals surface area contributed by atoms with Crippen LogP contribution in [-0.4, -0.2) is 124 Å². The number of hydrogen-bond acceptors (Lipinski definition) is 17. The SMILES string of the molecule is CC[C@H]1OC(=O)[C@H](C)C(=O)[C@H](C)[C@@H](OC2OC(C)CC(N(C)C)C2O)[C@@](C)(OC)C[C@@H](C)C(=O)[C@H](C)C2C(/C(N)=N\OCc3nc(-c4ccccn4)no3)C(=O)O[C@@]21C. The van der Waals surface area contributed by atoms with Crippen molar-refractivity contribution in [1.29, 1.82) is 0 Å². The average Bonchev–Trinajstić information content (AvgIpc) is 3.79. The van der Waals surface area contributed by atoms with Crippen molar-refractivity contribution in [2.75, 3.05) is 21.2 Å². The van der Waals surface area contributed by atoms with Crippen molar-refractivity contribution in [2.24, 2.45) is 46.4 Å². The molecule has 0 saturated carbocycles. The molecule has 6 unspecified atom stereocenters. The lowest BCUT2D eigenvalue weighted by atomic mass is 9.67. The summed E-state index contributed by atoms with van der Waals surface area (Å²) in [6, 6.07) is 4.93. The van der Waals surface area contributed by atoms with Crippen molar-refractivity contribution in [3.63, 3.8) is 0 Å². The molecular weight excluding hydrogens is 768 g/mol. The Labute approximate surface area is 344 Å². The van der Waals surface area contributed by atoms with E-state index in [1.165, 1.54) is 14.0 Å². The van der Waals surface area contributed by atoms with Gasteiger partial charge < -0.3 is 48.8 Å². The van der Waals surface area contributed by atoms with Crippen LogP contribution in [0.15, 0.2) is 34.1 Å². The monoisotopic (exact) mass is 828 g/mol. The van der Waals surface area contributed by atoms with E-state index in [1.54, 1.807) is 65.9 Å². The van der Waals surface area contributed by atoms with E-state index >= 15 is 0 Å². The van der Waals surface area contributed by atoms with Crippen LogP contribution in [0.1, 0.15) is 80.5 Å². The zero-order valence-electron chi connectivity index (χ0n) is 35.8. The summed E-state index contributed by atoms with van der Waals surface area (Å²) in [6.07, 6.45) is -2.42. The number of carbonyl (C=O) groups is 4. The Morgan fingerprint density at radius 1 is 1.05 bits per heavy atom. The van der Waals surface area contributed by atoms with Crippen molar-refractivity contribution in [3.05, 3.63) is 30.3 Å². The number of rotatable bonds is 10. The number of Topliss-reactive ketones (excluding diaryl/α,β-unsaturated/α-hetero) is 2. The second kappa shape index (κ2) is 18.5. The molecule has 3 aliphatic heterocycles. The van der Waals surface area contributed by atoms with E-state index in [-0.39, 0.29) is 54.9 Å². The van der Waals surface area contributed by atoms with Gasteiger partial charge in [0, 0.05) is 43.0 Å². The number of aromatic nitrogens is 3. The molecule has 0 bridgehead atoms. The van der Waals surface area contributed by atoms with Crippen LogP contribution in [0.3, 0.4) is 0 Å². The van der Waals surface area contributed by atoms with Crippen molar-refractivity contribution in [2.45, 2.75) is 129 Å². The first-order valence-corrected chi connectivity index (χ1v) is 20.2. The lowest BCUT2D eigenvalue weighted by Crippen LogP contribution is -2.59. The first kappa shape index (κ1) is 45.7. The van der Waals surface area contributed by atoms with Gasteiger partial charge >= 0.3 is 11.9 Å². The smallest absolute Gasteiger partial charge is 0.317 e. The largest absolute Gasteiger partial charge is 0.458 e. The molecule has 0 spiro atoms. The number of aliphatic hydroxyl groups is 1. The fourth-order valence-corrected chi connectivity index (χ4v) is 9.07. The van der Waals surface area contributed by atoms with Crippen molar-refractivity contribution in [3.8, 4) is 11.5 Å². The van der Waals surface area contributed by atoms with Crippen LogP contribution in [-0.2, 0) is 54.3 Å². The topological polar surface area (TPSA) is 237 Å². The van der Waals surface area contributed by atoms with Crippen molar-refractivity contribution < 1.29 is 57.3 Å². The van der Waals surface area contributed by atoms with Gasteiger partial charge in [-0.2, -0.15) is 4.98 Å². The molecule has 0 radical (unpaired) electrons. The molecule has 3 saturated heterocycles. The predicted octanol–water partition coefficient (Wildman–Crippen LogP) is 3.09. The van der Waals surface area contributed by atoms with Crippen LogP contribution in [0.2, 0.25) is 0 Å². The Morgan fingerprint density at radius 3 is 2.39 bits per heavy atom. The van der Waals surface area contributed by atoms with E-state index in [4.69, 9.17) is 38.8 Å². The van der Waals surface area contributed by atoms with E-state index in [0.29, 0.717) is 12.1 Å². The molecule has 18 heteroatoms. The van der Waals surface area contributed by atoms with Crippen LogP contribution in [0.25, 0.3) is 11.5 Å². The minimum absolute atomic E-state index is 0.0424. The summed E-state index contributed by atoms with van der Waals surface area (Å²) in [5, 5.41) is 19.4. The van der Waals surface area contributed by atoms with Gasteiger partial charge in [-0.15, -0.1) is 0 Å². The third-order valence-corrected chi connectivity index (χ3v) is 12.4. The normalized spacial score (nSPS) is 37.7. The Balaban J connectivity index is 1.49. The van der Waals surface area contributed by atoms with Crippen LogP contribution in [0, 0.1) is 35.5 Å². The van der Waals surface area contributed by atoms with Gasteiger partial charge in [-0.3, -0.25) is 24.2 Å². The number of methoxy groups -OCH3 is 1. The molecule has 14 atom stereocenters. The number of nitrogens with zero attached hydrogens (tertiary/aromatic N) is 5. The molecule has 3 N–H and O–H groups in total. The Kier molecular flexibility index (Phi) is 14.3. The molecule has 326 valence electrons.